The van der Waals surface area contributed by atoms with Gasteiger partial charge in [0.05, 0.1) is 41.6 Å². The first-order valence-corrected chi connectivity index (χ1v) is 15.9. The molecule has 1 saturated carbocycles. The maximum Gasteiger partial charge on any atom is 0.237 e. The number of benzene rings is 2. The summed E-state index contributed by atoms with van der Waals surface area (Å²) in [6.45, 7) is 4.14. The Hall–Kier alpha value is -3.61. The minimum atomic E-state index is -4.07. The van der Waals surface area contributed by atoms with Gasteiger partial charge >= 0.3 is 0 Å². The third-order valence-corrected chi connectivity index (χ3v) is 9.43. The maximum absolute atomic E-state index is 15.3. The number of nitrogens with one attached hydrogen (secondary N) is 2. The molecule has 2 aromatic heterocycles. The quantitative estimate of drug-likeness (QED) is 0.250. The fourth-order valence-electron chi connectivity index (χ4n) is 6.00. The number of ether oxygens (including phenoxy) is 1. The number of nitrogens with zero attached hydrogens (tertiary/aromatic N) is 3. The van der Waals surface area contributed by atoms with Crippen LogP contribution in [0.2, 0.25) is 0 Å². The molecule has 2 aliphatic rings. The molecule has 222 valence electrons. The van der Waals surface area contributed by atoms with E-state index in [1.165, 1.54) is 30.3 Å². The number of rotatable bonds is 9. The highest BCUT2D eigenvalue weighted by Crippen LogP contribution is 2.41. The van der Waals surface area contributed by atoms with Crippen LogP contribution in [0, 0.1) is 11.6 Å². The van der Waals surface area contributed by atoms with Crippen molar-refractivity contribution in [3.8, 4) is 11.3 Å². The minimum Gasteiger partial charge on any atom is -0.383 e. The fraction of sp³-hybridized carbons (Fsp3) is 0.400. The number of anilines is 2. The molecule has 4 N–H and O–H groups in total. The van der Waals surface area contributed by atoms with Crippen LogP contribution in [0.5, 0.6) is 0 Å². The van der Waals surface area contributed by atoms with E-state index in [4.69, 9.17) is 15.6 Å². The molecule has 0 unspecified atom stereocenters. The number of nitrogen functional groups attached to an aromatic ring is 1. The Kier molecular flexibility index (Phi) is 7.86. The van der Waals surface area contributed by atoms with Crippen molar-refractivity contribution in [1.82, 2.24) is 20.1 Å². The second kappa shape index (κ2) is 11.6. The standard InChI is InChI=1S/C30H34F2N6O3S/c1-2-38-29-23(18-7-10-21(11-8-18)35-22-15-41-16-22)14-34-30(33)27(29)28(36-38)19-9-12-26(25(32)13-19)37-42(39,40)17-20-5-3-4-6-24(20)31/h3-6,9,12-14,18,21-22,35,37H,2,7-8,10-11,15-17H2,1H3,(H2,33,34)/t18-,21-. The first-order chi connectivity index (χ1) is 20.2. The molecule has 2 fully saturated rings. The summed E-state index contributed by atoms with van der Waals surface area (Å²) in [4.78, 5) is 4.52. The lowest BCUT2D eigenvalue weighted by Crippen LogP contribution is -2.51. The zero-order valence-electron chi connectivity index (χ0n) is 23.3. The van der Waals surface area contributed by atoms with Gasteiger partial charge in [-0.25, -0.2) is 22.2 Å². The summed E-state index contributed by atoms with van der Waals surface area (Å²) in [5.74, 6) is -1.44. The number of nitrogens with two attached hydrogens (primary N) is 1. The van der Waals surface area contributed by atoms with Gasteiger partial charge in [0.25, 0.3) is 0 Å². The van der Waals surface area contributed by atoms with Crippen molar-refractivity contribution >= 4 is 32.4 Å². The van der Waals surface area contributed by atoms with E-state index in [1.807, 2.05) is 17.8 Å². The van der Waals surface area contributed by atoms with E-state index in [0.717, 1.165) is 50.0 Å². The highest BCUT2D eigenvalue weighted by atomic mass is 32.2. The van der Waals surface area contributed by atoms with Gasteiger partial charge < -0.3 is 15.8 Å². The van der Waals surface area contributed by atoms with Crippen molar-refractivity contribution in [2.45, 2.75) is 62.9 Å². The van der Waals surface area contributed by atoms with E-state index in [2.05, 4.69) is 15.0 Å². The Labute approximate surface area is 243 Å². The summed E-state index contributed by atoms with van der Waals surface area (Å²) in [5, 5.41) is 9.15. The van der Waals surface area contributed by atoms with Gasteiger partial charge in [0.2, 0.25) is 10.0 Å². The van der Waals surface area contributed by atoms with E-state index in [0.29, 0.717) is 47.0 Å². The summed E-state index contributed by atoms with van der Waals surface area (Å²) >= 11 is 0. The molecule has 0 radical (unpaired) electrons. The molecule has 0 bridgehead atoms. The largest absolute Gasteiger partial charge is 0.383 e. The predicted molar refractivity (Wildman–Crippen MR) is 158 cm³/mol. The first-order valence-electron chi connectivity index (χ1n) is 14.2. The number of hydrogen-bond donors (Lipinski definition) is 3. The Morgan fingerprint density at radius 3 is 2.48 bits per heavy atom. The average molecular weight is 597 g/mol. The number of pyridine rings is 1. The molecule has 3 heterocycles. The zero-order valence-corrected chi connectivity index (χ0v) is 24.1. The van der Waals surface area contributed by atoms with Gasteiger partial charge in [-0.1, -0.05) is 24.3 Å². The van der Waals surface area contributed by atoms with Crippen LogP contribution in [0.4, 0.5) is 20.3 Å². The smallest absolute Gasteiger partial charge is 0.237 e. The van der Waals surface area contributed by atoms with Crippen LogP contribution < -0.4 is 15.8 Å². The summed E-state index contributed by atoms with van der Waals surface area (Å²) < 4.78 is 64.1. The lowest BCUT2D eigenvalue weighted by Gasteiger charge is -2.35. The van der Waals surface area contributed by atoms with Crippen molar-refractivity contribution in [2.24, 2.45) is 0 Å². The average Bonchev–Trinajstić information content (AvgIpc) is 3.34. The number of aromatic nitrogens is 3. The maximum atomic E-state index is 15.3. The van der Waals surface area contributed by atoms with Gasteiger partial charge in [0.1, 0.15) is 23.1 Å². The van der Waals surface area contributed by atoms with Crippen LogP contribution >= 0.6 is 0 Å². The number of sulfonamides is 1. The molecule has 1 aliphatic heterocycles. The van der Waals surface area contributed by atoms with Crippen molar-refractivity contribution in [3.05, 3.63) is 71.4 Å². The van der Waals surface area contributed by atoms with Crippen LogP contribution in [0.1, 0.15) is 49.7 Å². The van der Waals surface area contributed by atoms with Crippen molar-refractivity contribution in [3.63, 3.8) is 0 Å². The first kappa shape index (κ1) is 28.5. The van der Waals surface area contributed by atoms with Gasteiger partial charge in [-0.15, -0.1) is 0 Å². The summed E-state index contributed by atoms with van der Waals surface area (Å²) in [6, 6.07) is 10.7. The Morgan fingerprint density at radius 1 is 1.05 bits per heavy atom. The van der Waals surface area contributed by atoms with E-state index < -0.39 is 27.4 Å². The SMILES string of the molecule is CCn1nc(-c2ccc(NS(=O)(=O)Cc3ccccc3F)c(F)c2)c2c(N)ncc([C@H]3CC[C@H](NC4COC4)CC3)c21. The van der Waals surface area contributed by atoms with Crippen LogP contribution in [0.3, 0.4) is 0 Å². The summed E-state index contributed by atoms with van der Waals surface area (Å²) in [6.07, 6.45) is 5.97. The highest BCUT2D eigenvalue weighted by molar-refractivity contribution is 7.91. The molecule has 9 nitrogen and oxygen atoms in total. The normalized spacial score (nSPS) is 19.6. The molecule has 2 aromatic carbocycles. The van der Waals surface area contributed by atoms with Gasteiger partial charge in [-0.05, 0) is 62.3 Å². The van der Waals surface area contributed by atoms with E-state index in [9.17, 15) is 12.8 Å². The van der Waals surface area contributed by atoms with Crippen molar-refractivity contribution in [2.75, 3.05) is 23.7 Å². The Bertz CT molecular complexity index is 1720. The molecule has 4 aromatic rings. The van der Waals surface area contributed by atoms with Gasteiger partial charge in [-0.2, -0.15) is 5.10 Å². The van der Waals surface area contributed by atoms with Crippen LogP contribution in [-0.2, 0) is 27.1 Å². The number of hydrogen-bond acceptors (Lipinski definition) is 7. The topological polar surface area (TPSA) is 124 Å². The van der Waals surface area contributed by atoms with E-state index >= 15 is 4.39 Å². The molecular weight excluding hydrogens is 562 g/mol. The van der Waals surface area contributed by atoms with Gasteiger partial charge in [0.15, 0.2) is 0 Å². The molecule has 1 saturated heterocycles. The molecule has 42 heavy (non-hydrogen) atoms. The van der Waals surface area contributed by atoms with Gasteiger partial charge in [-0.3, -0.25) is 9.40 Å². The number of halogens is 2. The molecule has 0 amide bonds. The molecule has 0 atom stereocenters. The van der Waals surface area contributed by atoms with Crippen LogP contribution in [0.25, 0.3) is 22.2 Å². The second-order valence-corrected chi connectivity index (χ2v) is 12.8. The fourth-order valence-corrected chi connectivity index (χ4v) is 7.21. The molecular formula is C30H34F2N6O3S. The third kappa shape index (κ3) is 5.70. The molecule has 0 spiro atoms. The Balaban J connectivity index is 1.27. The minimum absolute atomic E-state index is 0.00454. The van der Waals surface area contributed by atoms with E-state index in [-0.39, 0.29) is 11.3 Å². The van der Waals surface area contributed by atoms with Crippen molar-refractivity contribution in [1.29, 1.82) is 0 Å². The highest BCUT2D eigenvalue weighted by Gasteiger charge is 2.30. The molecule has 12 heteroatoms. The van der Waals surface area contributed by atoms with Crippen molar-refractivity contribution < 1.29 is 21.9 Å². The number of aryl methyl sites for hydroxylation is 1. The van der Waals surface area contributed by atoms with Crippen LogP contribution in [0.15, 0.2) is 48.7 Å². The zero-order chi connectivity index (χ0) is 29.4. The monoisotopic (exact) mass is 596 g/mol. The summed E-state index contributed by atoms with van der Waals surface area (Å²) in [7, 11) is -4.07. The summed E-state index contributed by atoms with van der Waals surface area (Å²) in [5.41, 5.74) is 9.07. The Morgan fingerprint density at radius 2 is 1.81 bits per heavy atom. The number of fused-ring (bicyclic) bond motifs is 1. The molecule has 1 aliphatic carbocycles. The predicted octanol–water partition coefficient (Wildman–Crippen LogP) is 4.94. The van der Waals surface area contributed by atoms with E-state index in [1.54, 1.807) is 12.1 Å². The lowest BCUT2D eigenvalue weighted by atomic mass is 9.81. The van der Waals surface area contributed by atoms with Gasteiger partial charge in [0, 0.05) is 29.9 Å². The lowest BCUT2D eigenvalue weighted by molar-refractivity contribution is -0.0121. The third-order valence-electron chi connectivity index (χ3n) is 8.21. The second-order valence-electron chi connectivity index (χ2n) is 11.1. The molecule has 6 rings (SSSR count). The van der Waals surface area contributed by atoms with Crippen LogP contribution in [-0.4, -0.2) is 48.5 Å².